The summed E-state index contributed by atoms with van der Waals surface area (Å²) in [5.41, 5.74) is 6.51. The Bertz CT molecular complexity index is 162. The first-order valence-electron chi connectivity index (χ1n) is 6.50. The van der Waals surface area contributed by atoms with Crippen molar-refractivity contribution in [1.82, 2.24) is 0 Å². The molecule has 90 valence electrons. The Morgan fingerprint density at radius 3 is 2.53 bits per heavy atom. The molecule has 0 aromatic heterocycles. The molecule has 0 atom stereocenters. The van der Waals surface area contributed by atoms with Gasteiger partial charge in [-0.15, -0.1) is 0 Å². The molecule has 0 saturated heterocycles. The van der Waals surface area contributed by atoms with Crippen molar-refractivity contribution in [3.05, 3.63) is 0 Å². The molecule has 0 amide bonds. The fourth-order valence-corrected chi connectivity index (χ4v) is 3.26. The molecule has 0 aromatic rings. The van der Waals surface area contributed by atoms with Crippen LogP contribution in [-0.2, 0) is 0 Å². The summed E-state index contributed by atoms with van der Waals surface area (Å²) in [4.78, 5) is 0. The Morgan fingerprint density at radius 1 is 1.33 bits per heavy atom. The van der Waals surface area contributed by atoms with Crippen LogP contribution in [0.4, 0.5) is 0 Å². The first-order chi connectivity index (χ1) is 7.22. The van der Waals surface area contributed by atoms with Crippen LogP contribution in [0.1, 0.15) is 52.4 Å². The zero-order chi connectivity index (χ0) is 11.1. The lowest BCUT2D eigenvalue weighted by molar-refractivity contribution is 0.150. The zero-order valence-electron chi connectivity index (χ0n) is 10.4. The SMILES string of the molecule is CCSCCCC1(CN)CCC(C)CC1. The molecule has 1 aliphatic carbocycles. The maximum absolute atomic E-state index is 5.99. The summed E-state index contributed by atoms with van der Waals surface area (Å²) in [6.07, 6.45) is 8.28. The predicted octanol–water partition coefficient (Wildman–Crippen LogP) is 3.67. The third-order valence-corrected chi connectivity index (χ3v) is 4.95. The first kappa shape index (κ1) is 13.4. The Balaban J connectivity index is 2.27. The Hall–Kier alpha value is 0.310. The van der Waals surface area contributed by atoms with Gasteiger partial charge in [0.2, 0.25) is 0 Å². The normalized spacial score (nSPS) is 31.8. The van der Waals surface area contributed by atoms with Crippen molar-refractivity contribution < 1.29 is 0 Å². The van der Waals surface area contributed by atoms with Crippen molar-refractivity contribution in [3.8, 4) is 0 Å². The van der Waals surface area contributed by atoms with Gasteiger partial charge in [0.25, 0.3) is 0 Å². The van der Waals surface area contributed by atoms with Crippen molar-refractivity contribution in [2.45, 2.75) is 52.4 Å². The number of hydrogen-bond acceptors (Lipinski definition) is 2. The summed E-state index contributed by atoms with van der Waals surface area (Å²) in [6.45, 7) is 5.54. The summed E-state index contributed by atoms with van der Waals surface area (Å²) in [5, 5.41) is 0. The van der Waals surface area contributed by atoms with Crippen LogP contribution in [-0.4, -0.2) is 18.1 Å². The number of rotatable bonds is 6. The molecule has 0 unspecified atom stereocenters. The van der Waals surface area contributed by atoms with Crippen molar-refractivity contribution in [1.29, 1.82) is 0 Å². The van der Waals surface area contributed by atoms with Gasteiger partial charge in [-0.1, -0.05) is 26.7 Å². The van der Waals surface area contributed by atoms with Gasteiger partial charge in [-0.05, 0) is 55.1 Å². The van der Waals surface area contributed by atoms with E-state index in [1.807, 2.05) is 0 Å². The lowest BCUT2D eigenvalue weighted by Gasteiger charge is -2.38. The van der Waals surface area contributed by atoms with Crippen LogP contribution in [0, 0.1) is 11.3 Å². The van der Waals surface area contributed by atoms with Gasteiger partial charge in [0.05, 0.1) is 0 Å². The molecule has 1 rings (SSSR count). The van der Waals surface area contributed by atoms with Gasteiger partial charge in [0.15, 0.2) is 0 Å². The second kappa shape index (κ2) is 6.80. The molecule has 1 saturated carbocycles. The van der Waals surface area contributed by atoms with Gasteiger partial charge in [-0.3, -0.25) is 0 Å². The predicted molar refractivity (Wildman–Crippen MR) is 71.4 cm³/mol. The molecule has 1 fully saturated rings. The first-order valence-corrected chi connectivity index (χ1v) is 7.66. The molecule has 2 N–H and O–H groups in total. The van der Waals surface area contributed by atoms with E-state index in [0.717, 1.165) is 12.5 Å². The second-order valence-corrected chi connectivity index (χ2v) is 6.58. The fourth-order valence-electron chi connectivity index (χ4n) is 2.62. The van der Waals surface area contributed by atoms with Crippen molar-refractivity contribution in [3.63, 3.8) is 0 Å². The van der Waals surface area contributed by atoms with E-state index in [1.165, 1.54) is 50.0 Å². The molecule has 1 nitrogen and oxygen atoms in total. The molecule has 0 aliphatic heterocycles. The summed E-state index contributed by atoms with van der Waals surface area (Å²) in [7, 11) is 0. The minimum atomic E-state index is 0.515. The molecule has 15 heavy (non-hydrogen) atoms. The zero-order valence-corrected chi connectivity index (χ0v) is 11.2. The van der Waals surface area contributed by atoms with Crippen LogP contribution in [0.25, 0.3) is 0 Å². The maximum Gasteiger partial charge on any atom is -0.00205 e. The monoisotopic (exact) mass is 229 g/mol. The third kappa shape index (κ3) is 4.36. The van der Waals surface area contributed by atoms with Crippen molar-refractivity contribution >= 4 is 11.8 Å². The quantitative estimate of drug-likeness (QED) is 0.703. The van der Waals surface area contributed by atoms with Gasteiger partial charge in [0.1, 0.15) is 0 Å². The van der Waals surface area contributed by atoms with E-state index >= 15 is 0 Å². The Labute approximate surface area is 99.6 Å². The molecular weight excluding hydrogens is 202 g/mol. The van der Waals surface area contributed by atoms with Gasteiger partial charge < -0.3 is 5.73 Å². The minimum absolute atomic E-state index is 0.515. The molecule has 0 spiro atoms. The smallest absolute Gasteiger partial charge is 0.00205 e. The van der Waals surface area contributed by atoms with Gasteiger partial charge >= 0.3 is 0 Å². The van der Waals surface area contributed by atoms with E-state index < -0.39 is 0 Å². The highest BCUT2D eigenvalue weighted by atomic mass is 32.2. The molecular formula is C13H27NS. The highest BCUT2D eigenvalue weighted by Crippen LogP contribution is 2.41. The second-order valence-electron chi connectivity index (χ2n) is 5.19. The van der Waals surface area contributed by atoms with Crippen LogP contribution in [0.2, 0.25) is 0 Å². The highest BCUT2D eigenvalue weighted by molar-refractivity contribution is 7.99. The molecule has 0 aromatic carbocycles. The Morgan fingerprint density at radius 2 is 2.00 bits per heavy atom. The van der Waals surface area contributed by atoms with Gasteiger partial charge in [-0.25, -0.2) is 0 Å². The number of nitrogens with two attached hydrogens (primary N) is 1. The van der Waals surface area contributed by atoms with Gasteiger partial charge in [0, 0.05) is 0 Å². The summed E-state index contributed by atoms with van der Waals surface area (Å²) >= 11 is 2.07. The van der Waals surface area contributed by atoms with Crippen LogP contribution >= 0.6 is 11.8 Å². The molecule has 0 bridgehead atoms. The van der Waals surface area contributed by atoms with E-state index in [4.69, 9.17) is 5.73 Å². The largest absolute Gasteiger partial charge is 0.330 e. The van der Waals surface area contributed by atoms with E-state index in [-0.39, 0.29) is 0 Å². The van der Waals surface area contributed by atoms with Crippen LogP contribution in [0.15, 0.2) is 0 Å². The van der Waals surface area contributed by atoms with Crippen molar-refractivity contribution in [2.24, 2.45) is 17.1 Å². The van der Waals surface area contributed by atoms with E-state index in [1.54, 1.807) is 0 Å². The number of hydrogen-bond donors (Lipinski definition) is 1. The highest BCUT2D eigenvalue weighted by Gasteiger charge is 2.32. The van der Waals surface area contributed by atoms with Crippen LogP contribution in [0.3, 0.4) is 0 Å². The van der Waals surface area contributed by atoms with Crippen molar-refractivity contribution in [2.75, 3.05) is 18.1 Å². The van der Waals surface area contributed by atoms with E-state index in [0.29, 0.717) is 5.41 Å². The molecule has 1 aliphatic rings. The summed E-state index contributed by atoms with van der Waals surface area (Å²) in [5.74, 6) is 3.52. The van der Waals surface area contributed by atoms with E-state index in [2.05, 4.69) is 25.6 Å². The lowest BCUT2D eigenvalue weighted by Crippen LogP contribution is -2.34. The molecule has 0 radical (unpaired) electrons. The summed E-state index contributed by atoms with van der Waals surface area (Å²) in [6, 6.07) is 0. The van der Waals surface area contributed by atoms with Crippen LogP contribution < -0.4 is 5.73 Å². The Kier molecular flexibility index (Phi) is 6.06. The van der Waals surface area contributed by atoms with Crippen LogP contribution in [0.5, 0.6) is 0 Å². The lowest BCUT2D eigenvalue weighted by atomic mass is 9.68. The average molecular weight is 229 g/mol. The van der Waals surface area contributed by atoms with E-state index in [9.17, 15) is 0 Å². The third-order valence-electron chi connectivity index (χ3n) is 3.97. The summed E-state index contributed by atoms with van der Waals surface area (Å²) < 4.78 is 0. The standard InChI is InChI=1S/C13H27NS/c1-3-15-10-4-7-13(11-14)8-5-12(2)6-9-13/h12H,3-11,14H2,1-2H3. The molecule has 0 heterocycles. The minimum Gasteiger partial charge on any atom is -0.330 e. The van der Waals surface area contributed by atoms with Gasteiger partial charge in [-0.2, -0.15) is 11.8 Å². The number of thioether (sulfide) groups is 1. The topological polar surface area (TPSA) is 26.0 Å². The average Bonchev–Trinajstić information content (AvgIpc) is 2.28. The maximum atomic E-state index is 5.99. The fraction of sp³-hybridized carbons (Fsp3) is 1.00. The molecule has 2 heteroatoms.